The standard InChI is InChI=1S/C26H23FN6O6/c1-13-8-14(2-6-18(13)27)11-28-25(35)21-10-20(30-23-22(33(38)39)12-29-32(21)23)24(34)31-19-7-4-15-9-16(26(36)37)3-5-17(15)19/h2-3,5-6,8-10,12,19,22-23H,4,7,11H2,1H3,(H,28,35)(H,31,34)(H,36,37)/t19-,22?,23?/m0/s1. The number of carboxylic acid groups (broad SMARTS) is 1. The molecule has 3 N–H and O–H groups in total. The molecule has 39 heavy (non-hydrogen) atoms. The van der Waals surface area contributed by atoms with Gasteiger partial charge in [-0.2, -0.15) is 5.10 Å². The third kappa shape index (κ3) is 4.98. The van der Waals surface area contributed by atoms with Crippen LogP contribution in [0.5, 0.6) is 0 Å². The Morgan fingerprint density at radius 1 is 1.21 bits per heavy atom. The molecule has 0 radical (unpaired) electrons. The summed E-state index contributed by atoms with van der Waals surface area (Å²) in [6.45, 7) is 1.65. The van der Waals surface area contributed by atoms with Crippen LogP contribution in [0.1, 0.15) is 45.1 Å². The van der Waals surface area contributed by atoms with Gasteiger partial charge in [0.1, 0.15) is 23.4 Å². The summed E-state index contributed by atoms with van der Waals surface area (Å²) >= 11 is 0. The number of rotatable bonds is 7. The number of halogens is 1. The molecule has 0 fully saturated rings. The topological polar surface area (TPSA) is 167 Å². The van der Waals surface area contributed by atoms with E-state index in [2.05, 4.69) is 20.7 Å². The highest BCUT2D eigenvalue weighted by atomic mass is 19.1. The maximum absolute atomic E-state index is 13.6. The first-order valence-electron chi connectivity index (χ1n) is 12.1. The number of aliphatic imine (C=N–C) groups is 1. The van der Waals surface area contributed by atoms with Crippen LogP contribution in [-0.4, -0.2) is 57.0 Å². The van der Waals surface area contributed by atoms with Gasteiger partial charge < -0.3 is 15.7 Å². The van der Waals surface area contributed by atoms with E-state index < -0.39 is 41.0 Å². The number of fused-ring (bicyclic) bond motifs is 2. The van der Waals surface area contributed by atoms with Crippen molar-refractivity contribution in [3.8, 4) is 0 Å². The van der Waals surface area contributed by atoms with Crippen LogP contribution in [0.15, 0.2) is 58.3 Å². The second-order valence-electron chi connectivity index (χ2n) is 9.39. The summed E-state index contributed by atoms with van der Waals surface area (Å²) in [5.41, 5.74) is 2.51. The molecule has 2 unspecified atom stereocenters. The normalized spacial score (nSPS) is 21.0. The first-order chi connectivity index (χ1) is 18.6. The number of aromatic carboxylic acids is 1. The average molecular weight is 535 g/mol. The van der Waals surface area contributed by atoms with Crippen LogP contribution in [0.3, 0.4) is 0 Å². The maximum Gasteiger partial charge on any atom is 0.335 e. The second kappa shape index (κ2) is 10.1. The van der Waals surface area contributed by atoms with Gasteiger partial charge in [0.25, 0.3) is 17.9 Å². The van der Waals surface area contributed by atoms with Crippen LogP contribution in [0.2, 0.25) is 0 Å². The molecule has 2 aromatic carbocycles. The molecular formula is C26H23FN6O6. The van der Waals surface area contributed by atoms with Gasteiger partial charge in [-0.1, -0.05) is 18.2 Å². The Bertz CT molecular complexity index is 1500. The molecule has 5 rings (SSSR count). The third-order valence-corrected chi connectivity index (χ3v) is 6.85. The number of nitro groups is 1. The lowest BCUT2D eigenvalue weighted by molar-refractivity contribution is -0.506. The van der Waals surface area contributed by atoms with E-state index in [4.69, 9.17) is 0 Å². The fraction of sp³-hybridized carbons (Fsp3) is 0.269. The Morgan fingerprint density at radius 2 is 2.00 bits per heavy atom. The molecule has 3 aliphatic rings. The molecule has 200 valence electrons. The maximum atomic E-state index is 13.6. The van der Waals surface area contributed by atoms with Crippen molar-refractivity contribution in [2.45, 2.75) is 44.6 Å². The summed E-state index contributed by atoms with van der Waals surface area (Å²) in [6, 6.07) is 7.30. The zero-order valence-electron chi connectivity index (χ0n) is 20.6. The number of carbonyl (C=O) groups is 3. The molecule has 0 saturated carbocycles. The first-order valence-corrected chi connectivity index (χ1v) is 12.1. The molecule has 0 spiro atoms. The number of aryl methyl sites for hydroxylation is 2. The minimum absolute atomic E-state index is 0.0496. The predicted molar refractivity (Wildman–Crippen MR) is 136 cm³/mol. The van der Waals surface area contributed by atoms with E-state index in [1.165, 1.54) is 24.3 Å². The minimum atomic E-state index is -1.37. The average Bonchev–Trinajstić information content (AvgIpc) is 3.52. The Kier molecular flexibility index (Phi) is 6.64. The smallest absolute Gasteiger partial charge is 0.335 e. The molecule has 3 atom stereocenters. The highest BCUT2D eigenvalue weighted by Gasteiger charge is 2.45. The molecule has 2 heterocycles. The predicted octanol–water partition coefficient (Wildman–Crippen LogP) is 1.86. The number of nitrogens with one attached hydrogen (secondary N) is 2. The van der Waals surface area contributed by atoms with Gasteiger partial charge in [-0.3, -0.25) is 19.7 Å². The molecule has 13 heteroatoms. The van der Waals surface area contributed by atoms with Crippen molar-refractivity contribution in [1.82, 2.24) is 15.6 Å². The summed E-state index contributed by atoms with van der Waals surface area (Å²) in [6.07, 6.45) is 2.15. The molecular weight excluding hydrogens is 511 g/mol. The zero-order valence-corrected chi connectivity index (χ0v) is 20.6. The quantitative estimate of drug-likeness (QED) is 0.360. The van der Waals surface area contributed by atoms with Crippen molar-refractivity contribution >= 4 is 29.7 Å². The van der Waals surface area contributed by atoms with E-state index in [-0.39, 0.29) is 29.3 Å². The van der Waals surface area contributed by atoms with E-state index in [0.717, 1.165) is 22.4 Å². The van der Waals surface area contributed by atoms with Gasteiger partial charge in [0.2, 0.25) is 6.17 Å². The Morgan fingerprint density at radius 3 is 2.72 bits per heavy atom. The number of hydrogen-bond donors (Lipinski definition) is 3. The molecule has 2 aromatic rings. The summed E-state index contributed by atoms with van der Waals surface area (Å²) in [5.74, 6) is -2.70. The lowest BCUT2D eigenvalue weighted by Crippen LogP contribution is -2.46. The summed E-state index contributed by atoms with van der Waals surface area (Å²) in [5, 5.41) is 31.5. The van der Waals surface area contributed by atoms with E-state index >= 15 is 0 Å². The number of hydrogen-bond acceptors (Lipinski definition) is 8. The highest BCUT2D eigenvalue weighted by Crippen LogP contribution is 2.32. The van der Waals surface area contributed by atoms with Gasteiger partial charge in [0.05, 0.1) is 11.6 Å². The van der Waals surface area contributed by atoms with Gasteiger partial charge >= 0.3 is 5.97 Å². The molecule has 1 aliphatic carbocycles. The molecule has 0 bridgehead atoms. The zero-order chi connectivity index (χ0) is 27.8. The lowest BCUT2D eigenvalue weighted by Gasteiger charge is -2.27. The molecule has 12 nitrogen and oxygen atoms in total. The Labute approximate surface area is 221 Å². The summed E-state index contributed by atoms with van der Waals surface area (Å²) in [7, 11) is 0. The number of carbonyl (C=O) groups excluding carboxylic acids is 2. The van der Waals surface area contributed by atoms with Crippen molar-refractivity contribution in [2.24, 2.45) is 10.1 Å². The van der Waals surface area contributed by atoms with E-state index in [1.807, 2.05) is 0 Å². The van der Waals surface area contributed by atoms with Crippen LogP contribution < -0.4 is 10.6 Å². The summed E-state index contributed by atoms with van der Waals surface area (Å²) < 4.78 is 13.6. The van der Waals surface area contributed by atoms with Crippen molar-refractivity contribution in [3.63, 3.8) is 0 Å². The van der Waals surface area contributed by atoms with Crippen LogP contribution in [0.25, 0.3) is 0 Å². The van der Waals surface area contributed by atoms with Crippen molar-refractivity contribution < 1.29 is 28.8 Å². The van der Waals surface area contributed by atoms with E-state index in [0.29, 0.717) is 24.0 Å². The molecule has 0 saturated heterocycles. The SMILES string of the molecule is Cc1cc(CNC(=O)C2=CC(C(=O)N[C@H]3CCc4cc(C(=O)O)ccc43)=NC3C([N+](=O)[O-])C=NN23)ccc1F. The molecule has 2 aliphatic heterocycles. The van der Waals surface area contributed by atoms with Crippen molar-refractivity contribution in [1.29, 1.82) is 0 Å². The number of carboxylic acids is 1. The van der Waals surface area contributed by atoms with Gasteiger partial charge in [0.15, 0.2) is 0 Å². The van der Waals surface area contributed by atoms with Crippen molar-refractivity contribution in [3.05, 3.63) is 91.9 Å². The van der Waals surface area contributed by atoms with Crippen LogP contribution in [0.4, 0.5) is 4.39 Å². The number of benzene rings is 2. The van der Waals surface area contributed by atoms with Crippen LogP contribution in [-0.2, 0) is 22.6 Å². The van der Waals surface area contributed by atoms with Gasteiger partial charge in [-0.25, -0.2) is 19.2 Å². The van der Waals surface area contributed by atoms with Crippen LogP contribution >= 0.6 is 0 Å². The number of nitrogens with zero attached hydrogens (tertiary/aromatic N) is 4. The second-order valence-corrected chi connectivity index (χ2v) is 9.39. The van der Waals surface area contributed by atoms with Crippen LogP contribution in [0, 0.1) is 22.9 Å². The lowest BCUT2D eigenvalue weighted by atomic mass is 10.0. The summed E-state index contributed by atoms with van der Waals surface area (Å²) in [4.78, 5) is 52.9. The fourth-order valence-corrected chi connectivity index (χ4v) is 4.82. The first kappa shape index (κ1) is 25.7. The Hall–Kier alpha value is -4.94. The number of amides is 2. The largest absolute Gasteiger partial charge is 0.478 e. The molecule has 0 aromatic heterocycles. The van der Waals surface area contributed by atoms with E-state index in [1.54, 1.807) is 25.1 Å². The van der Waals surface area contributed by atoms with Gasteiger partial charge in [-0.05, 0) is 60.2 Å². The van der Waals surface area contributed by atoms with Gasteiger partial charge in [0, 0.05) is 17.5 Å². The monoisotopic (exact) mass is 534 g/mol. The molecule has 2 amide bonds. The van der Waals surface area contributed by atoms with Gasteiger partial charge in [-0.15, -0.1) is 0 Å². The Balaban J connectivity index is 1.37. The fourth-order valence-electron chi connectivity index (χ4n) is 4.82. The third-order valence-electron chi connectivity index (χ3n) is 6.85. The number of hydrazone groups is 1. The highest BCUT2D eigenvalue weighted by molar-refractivity contribution is 6.44. The van der Waals surface area contributed by atoms with E-state index in [9.17, 15) is 34.0 Å². The van der Waals surface area contributed by atoms with Crippen molar-refractivity contribution in [2.75, 3.05) is 0 Å². The minimum Gasteiger partial charge on any atom is -0.478 e.